The monoisotopic (exact) mass is 386 g/mol. The predicted molar refractivity (Wildman–Crippen MR) is 103 cm³/mol. The van der Waals surface area contributed by atoms with Crippen LogP contribution in [0.25, 0.3) is 0 Å². The highest BCUT2D eigenvalue weighted by molar-refractivity contribution is 7.17. The summed E-state index contributed by atoms with van der Waals surface area (Å²) in [7, 11) is 0. The first-order valence-electron chi connectivity index (χ1n) is 9.06. The second-order valence-corrected chi connectivity index (χ2v) is 7.84. The fourth-order valence-corrected chi connectivity index (χ4v) is 4.32. The molecule has 1 aromatic carbocycles. The molecule has 1 aromatic heterocycles. The Morgan fingerprint density at radius 1 is 1.15 bits per heavy atom. The van der Waals surface area contributed by atoms with Crippen molar-refractivity contribution in [1.82, 2.24) is 15.8 Å². The van der Waals surface area contributed by atoms with Crippen LogP contribution in [0.4, 0.5) is 5.13 Å². The van der Waals surface area contributed by atoms with Crippen molar-refractivity contribution in [3.63, 3.8) is 0 Å². The van der Waals surface area contributed by atoms with E-state index in [4.69, 9.17) is 4.74 Å². The molecule has 0 atom stereocenters. The van der Waals surface area contributed by atoms with Crippen molar-refractivity contribution < 1.29 is 14.3 Å². The maximum Gasteiger partial charge on any atom is 0.281 e. The standard InChI is InChI=1S/C19H22N4O3S/c1-13-15(27-18(20-13)23-9-11-26-12-10-23)16(24)21-22-17(25)19(7-8-19)14-5-3-2-4-6-14/h2-6H,7-12H2,1H3,(H,21,24)(H,22,25). The summed E-state index contributed by atoms with van der Waals surface area (Å²) in [5.41, 5.74) is 6.30. The van der Waals surface area contributed by atoms with Crippen LogP contribution in [0, 0.1) is 6.92 Å². The zero-order valence-corrected chi connectivity index (χ0v) is 16.0. The van der Waals surface area contributed by atoms with Crippen molar-refractivity contribution in [3.05, 3.63) is 46.5 Å². The molecule has 2 aromatic rings. The molecule has 142 valence electrons. The molecular weight excluding hydrogens is 364 g/mol. The molecular formula is C19H22N4O3S. The summed E-state index contributed by atoms with van der Waals surface area (Å²) in [4.78, 5) is 32.3. The summed E-state index contributed by atoms with van der Waals surface area (Å²) in [6, 6.07) is 9.69. The van der Waals surface area contributed by atoms with Crippen molar-refractivity contribution in [3.8, 4) is 0 Å². The van der Waals surface area contributed by atoms with E-state index in [-0.39, 0.29) is 11.8 Å². The highest BCUT2D eigenvalue weighted by Gasteiger charge is 2.51. The quantitative estimate of drug-likeness (QED) is 0.783. The van der Waals surface area contributed by atoms with Gasteiger partial charge in [0.1, 0.15) is 4.88 Å². The molecule has 2 amide bonds. The topological polar surface area (TPSA) is 83.6 Å². The number of ether oxygens (including phenoxy) is 1. The van der Waals surface area contributed by atoms with Crippen LogP contribution in [-0.2, 0) is 14.9 Å². The van der Waals surface area contributed by atoms with E-state index in [1.165, 1.54) is 11.3 Å². The zero-order valence-electron chi connectivity index (χ0n) is 15.2. The summed E-state index contributed by atoms with van der Waals surface area (Å²) in [6.07, 6.45) is 1.58. The highest BCUT2D eigenvalue weighted by atomic mass is 32.1. The number of hydrogen-bond donors (Lipinski definition) is 2. The first-order chi connectivity index (χ1) is 13.1. The normalized spacial score (nSPS) is 18.0. The largest absolute Gasteiger partial charge is 0.378 e. The van der Waals surface area contributed by atoms with E-state index in [1.54, 1.807) is 0 Å². The number of aryl methyl sites for hydroxylation is 1. The fraction of sp³-hybridized carbons (Fsp3) is 0.421. The molecule has 4 rings (SSSR count). The molecule has 1 aliphatic carbocycles. The minimum atomic E-state index is -0.518. The van der Waals surface area contributed by atoms with Gasteiger partial charge in [-0.25, -0.2) is 4.98 Å². The van der Waals surface area contributed by atoms with E-state index in [0.29, 0.717) is 23.8 Å². The van der Waals surface area contributed by atoms with Gasteiger partial charge in [-0.1, -0.05) is 41.7 Å². The van der Waals surface area contributed by atoms with Gasteiger partial charge in [-0.3, -0.25) is 20.4 Å². The first-order valence-corrected chi connectivity index (χ1v) is 9.88. The number of anilines is 1. The predicted octanol–water partition coefficient (Wildman–Crippen LogP) is 1.78. The molecule has 0 unspecified atom stereocenters. The number of amides is 2. The number of carbonyl (C=O) groups excluding carboxylic acids is 2. The van der Waals surface area contributed by atoms with Crippen LogP contribution in [-0.4, -0.2) is 43.1 Å². The summed E-state index contributed by atoms with van der Waals surface area (Å²) < 4.78 is 5.35. The zero-order chi connectivity index (χ0) is 18.9. The lowest BCUT2D eigenvalue weighted by atomic mass is 9.95. The number of carbonyl (C=O) groups is 2. The van der Waals surface area contributed by atoms with E-state index in [0.717, 1.165) is 36.6 Å². The van der Waals surface area contributed by atoms with Crippen molar-refractivity contribution in [2.24, 2.45) is 0 Å². The van der Waals surface area contributed by atoms with Crippen LogP contribution in [0.5, 0.6) is 0 Å². The third-order valence-electron chi connectivity index (χ3n) is 5.07. The van der Waals surface area contributed by atoms with Crippen molar-refractivity contribution in [2.75, 3.05) is 31.2 Å². The number of benzene rings is 1. The number of nitrogens with one attached hydrogen (secondary N) is 2. The smallest absolute Gasteiger partial charge is 0.281 e. The lowest BCUT2D eigenvalue weighted by Crippen LogP contribution is -2.46. The molecule has 8 heteroatoms. The Morgan fingerprint density at radius 2 is 1.85 bits per heavy atom. The Kier molecular flexibility index (Phi) is 4.84. The SMILES string of the molecule is Cc1nc(N2CCOCC2)sc1C(=O)NNC(=O)C1(c2ccccc2)CC1. The maximum atomic E-state index is 12.6. The molecule has 2 fully saturated rings. The van der Waals surface area contributed by atoms with Crippen molar-refractivity contribution >= 4 is 28.3 Å². The Bertz CT molecular complexity index is 842. The average Bonchev–Trinajstić information content (AvgIpc) is 3.44. The van der Waals surface area contributed by atoms with Gasteiger partial charge in [0.2, 0.25) is 5.91 Å². The first kappa shape index (κ1) is 17.9. The van der Waals surface area contributed by atoms with Crippen LogP contribution in [0.1, 0.15) is 33.8 Å². The molecule has 0 spiro atoms. The molecule has 0 bridgehead atoms. The number of morpholine rings is 1. The second-order valence-electron chi connectivity index (χ2n) is 6.87. The summed E-state index contributed by atoms with van der Waals surface area (Å²) in [6.45, 7) is 4.67. The van der Waals surface area contributed by atoms with Gasteiger partial charge in [0.25, 0.3) is 5.91 Å². The molecule has 2 N–H and O–H groups in total. The number of nitrogens with zero attached hydrogens (tertiary/aromatic N) is 2. The summed E-state index contributed by atoms with van der Waals surface area (Å²) in [5, 5.41) is 0.815. The van der Waals surface area contributed by atoms with Gasteiger partial charge in [-0.15, -0.1) is 0 Å². The molecule has 0 radical (unpaired) electrons. The van der Waals surface area contributed by atoms with Crippen molar-refractivity contribution in [2.45, 2.75) is 25.2 Å². The van der Waals surface area contributed by atoms with Gasteiger partial charge in [0, 0.05) is 13.1 Å². The minimum absolute atomic E-state index is 0.169. The van der Waals surface area contributed by atoms with Gasteiger partial charge in [0.15, 0.2) is 5.13 Å². The molecule has 2 heterocycles. The number of hydrazine groups is 1. The number of aromatic nitrogens is 1. The highest BCUT2D eigenvalue weighted by Crippen LogP contribution is 2.48. The van der Waals surface area contributed by atoms with Crippen LogP contribution in [0.2, 0.25) is 0 Å². The fourth-order valence-electron chi connectivity index (χ4n) is 3.30. The Labute approximate surface area is 161 Å². The number of hydrogen-bond acceptors (Lipinski definition) is 6. The van der Waals surface area contributed by atoms with Gasteiger partial charge in [0.05, 0.1) is 24.3 Å². The van der Waals surface area contributed by atoms with Crippen molar-refractivity contribution in [1.29, 1.82) is 0 Å². The molecule has 7 nitrogen and oxygen atoms in total. The van der Waals surface area contributed by atoms with Crippen LogP contribution >= 0.6 is 11.3 Å². The third-order valence-corrected chi connectivity index (χ3v) is 6.29. The Balaban J connectivity index is 1.40. The van der Waals surface area contributed by atoms with Gasteiger partial charge >= 0.3 is 0 Å². The number of thiazole rings is 1. The van der Waals surface area contributed by atoms with Crippen LogP contribution in [0.15, 0.2) is 30.3 Å². The van der Waals surface area contributed by atoms with E-state index in [9.17, 15) is 9.59 Å². The minimum Gasteiger partial charge on any atom is -0.378 e. The van der Waals surface area contributed by atoms with E-state index < -0.39 is 5.41 Å². The second kappa shape index (κ2) is 7.28. The van der Waals surface area contributed by atoms with Crippen LogP contribution < -0.4 is 15.8 Å². The van der Waals surface area contributed by atoms with Crippen LogP contribution in [0.3, 0.4) is 0 Å². The molecule has 2 aliphatic rings. The van der Waals surface area contributed by atoms with Gasteiger partial charge in [-0.05, 0) is 25.3 Å². The number of rotatable bonds is 4. The molecule has 1 aliphatic heterocycles. The lowest BCUT2D eigenvalue weighted by molar-refractivity contribution is -0.124. The average molecular weight is 386 g/mol. The Morgan fingerprint density at radius 3 is 2.52 bits per heavy atom. The van der Waals surface area contributed by atoms with Gasteiger partial charge in [-0.2, -0.15) is 0 Å². The van der Waals surface area contributed by atoms with E-state index in [1.807, 2.05) is 37.3 Å². The Hall–Kier alpha value is -2.45. The molecule has 1 saturated heterocycles. The molecule has 1 saturated carbocycles. The lowest BCUT2D eigenvalue weighted by Gasteiger charge is -2.25. The van der Waals surface area contributed by atoms with E-state index >= 15 is 0 Å². The summed E-state index contributed by atoms with van der Waals surface area (Å²) in [5.74, 6) is -0.501. The third kappa shape index (κ3) is 3.54. The maximum absolute atomic E-state index is 12.6. The van der Waals surface area contributed by atoms with Gasteiger partial charge < -0.3 is 9.64 Å². The summed E-state index contributed by atoms with van der Waals surface area (Å²) >= 11 is 1.34. The molecule has 27 heavy (non-hydrogen) atoms. The van der Waals surface area contributed by atoms with E-state index in [2.05, 4.69) is 20.7 Å².